The second-order valence-electron chi connectivity index (χ2n) is 6.26. The summed E-state index contributed by atoms with van der Waals surface area (Å²) in [6, 6.07) is 9.29. The van der Waals surface area contributed by atoms with Crippen LogP contribution in [0.1, 0.15) is 11.1 Å². The van der Waals surface area contributed by atoms with Crippen molar-refractivity contribution in [3.8, 4) is 0 Å². The number of anilines is 4. The van der Waals surface area contributed by atoms with Crippen LogP contribution in [0.4, 0.5) is 48.7 Å². The van der Waals surface area contributed by atoms with Crippen LogP contribution in [0.15, 0.2) is 54.9 Å². The molecule has 5 nitrogen and oxygen atoms in total. The number of nitrogens with one attached hydrogen (secondary N) is 2. The maximum atomic E-state index is 13.2. The van der Waals surface area contributed by atoms with Crippen LogP contribution in [-0.4, -0.2) is 15.0 Å². The second kappa shape index (κ2) is 7.69. The van der Waals surface area contributed by atoms with E-state index in [1.54, 1.807) is 0 Å². The van der Waals surface area contributed by atoms with Gasteiger partial charge in [0.05, 0.1) is 16.8 Å². The third-order valence-corrected chi connectivity index (χ3v) is 5.02. The minimum atomic E-state index is -4.55. The van der Waals surface area contributed by atoms with Crippen molar-refractivity contribution in [2.75, 3.05) is 10.6 Å². The van der Waals surface area contributed by atoms with Crippen LogP contribution in [0.2, 0.25) is 0 Å². The molecule has 12 heteroatoms. The number of halogens is 6. The highest BCUT2D eigenvalue weighted by molar-refractivity contribution is 7.21. The quantitative estimate of drug-likeness (QED) is 0.339. The van der Waals surface area contributed by atoms with Gasteiger partial charge >= 0.3 is 12.4 Å². The highest BCUT2D eigenvalue weighted by atomic mass is 32.1. The van der Waals surface area contributed by atoms with Crippen molar-refractivity contribution in [1.82, 2.24) is 15.0 Å². The number of alkyl halides is 6. The Labute approximate surface area is 174 Å². The van der Waals surface area contributed by atoms with E-state index in [-0.39, 0.29) is 22.2 Å². The number of aromatic nitrogens is 3. The molecular weight excluding hydrogens is 444 g/mol. The molecule has 0 spiro atoms. The molecule has 2 heterocycles. The van der Waals surface area contributed by atoms with Crippen molar-refractivity contribution in [3.05, 3.63) is 66.0 Å². The Balaban J connectivity index is 1.63. The molecule has 0 radical (unpaired) electrons. The van der Waals surface area contributed by atoms with Crippen LogP contribution in [0.5, 0.6) is 0 Å². The van der Waals surface area contributed by atoms with Gasteiger partial charge in [-0.15, -0.1) is 0 Å². The summed E-state index contributed by atoms with van der Waals surface area (Å²) in [5.74, 6) is 0.207. The first-order chi connectivity index (χ1) is 14.6. The topological polar surface area (TPSA) is 62.7 Å². The first kappa shape index (κ1) is 20.8. The van der Waals surface area contributed by atoms with E-state index in [0.717, 1.165) is 29.5 Å². The summed E-state index contributed by atoms with van der Waals surface area (Å²) in [4.78, 5) is 12.7. The molecular formula is C19H11F6N5S. The summed E-state index contributed by atoms with van der Waals surface area (Å²) < 4.78 is 77.7. The van der Waals surface area contributed by atoms with E-state index in [1.807, 2.05) is 0 Å². The Bertz CT molecular complexity index is 1220. The van der Waals surface area contributed by atoms with Gasteiger partial charge in [-0.05, 0) is 36.4 Å². The smallest absolute Gasteiger partial charge is 0.338 e. The zero-order chi connectivity index (χ0) is 22.2. The summed E-state index contributed by atoms with van der Waals surface area (Å²) in [7, 11) is 0. The van der Waals surface area contributed by atoms with Crippen LogP contribution >= 0.6 is 11.3 Å². The van der Waals surface area contributed by atoms with Crippen LogP contribution in [-0.2, 0) is 12.4 Å². The van der Waals surface area contributed by atoms with E-state index < -0.39 is 23.5 Å². The summed E-state index contributed by atoms with van der Waals surface area (Å²) >= 11 is 1.01. The molecule has 0 aliphatic carbocycles. The van der Waals surface area contributed by atoms with Gasteiger partial charge in [0, 0.05) is 5.69 Å². The fourth-order valence-corrected chi connectivity index (χ4v) is 3.55. The standard InChI is InChI=1S/C19H11F6N5S/c20-18(21,22)10-5-7-11(8-6-10)28-15-14-16(27-9-26-15)31-17(30-14)29-13-4-2-1-3-12(13)19(23,24)25/h1-9H,(H,29,30)(H,26,27,28). The summed E-state index contributed by atoms with van der Waals surface area (Å²) in [6.07, 6.45) is -7.78. The molecule has 0 atom stereocenters. The summed E-state index contributed by atoms with van der Waals surface area (Å²) in [5, 5.41) is 5.66. The van der Waals surface area contributed by atoms with Crippen LogP contribution in [0.3, 0.4) is 0 Å². The first-order valence-corrected chi connectivity index (χ1v) is 9.42. The molecule has 0 bridgehead atoms. The molecule has 0 fully saturated rings. The molecule has 31 heavy (non-hydrogen) atoms. The molecule has 2 aromatic carbocycles. The number of rotatable bonds is 4. The van der Waals surface area contributed by atoms with Crippen molar-refractivity contribution in [3.63, 3.8) is 0 Å². The molecule has 0 aliphatic heterocycles. The molecule has 0 saturated heterocycles. The minimum Gasteiger partial charge on any atom is -0.338 e. The summed E-state index contributed by atoms with van der Waals surface area (Å²) in [5.41, 5.74) is -1.21. The molecule has 0 aliphatic rings. The van der Waals surface area contributed by atoms with Crippen molar-refractivity contribution in [2.45, 2.75) is 12.4 Å². The average Bonchev–Trinajstić information content (AvgIpc) is 3.11. The Morgan fingerprint density at radius 2 is 1.48 bits per heavy atom. The Morgan fingerprint density at radius 1 is 0.774 bits per heavy atom. The van der Waals surface area contributed by atoms with Crippen molar-refractivity contribution >= 4 is 44.0 Å². The average molecular weight is 455 g/mol. The molecule has 2 aromatic heterocycles. The van der Waals surface area contributed by atoms with Gasteiger partial charge in [-0.1, -0.05) is 23.5 Å². The molecule has 0 amide bonds. The van der Waals surface area contributed by atoms with Crippen molar-refractivity contribution in [1.29, 1.82) is 0 Å². The highest BCUT2D eigenvalue weighted by Crippen LogP contribution is 2.38. The minimum absolute atomic E-state index is 0.155. The third-order valence-electron chi connectivity index (χ3n) is 4.14. The van der Waals surface area contributed by atoms with E-state index in [2.05, 4.69) is 25.6 Å². The number of fused-ring (bicyclic) bond motifs is 1. The lowest BCUT2D eigenvalue weighted by Gasteiger charge is -2.12. The first-order valence-electron chi connectivity index (χ1n) is 8.60. The zero-order valence-corrected chi connectivity index (χ0v) is 16.0. The van der Waals surface area contributed by atoms with Gasteiger partial charge in [0.25, 0.3) is 0 Å². The van der Waals surface area contributed by atoms with Gasteiger partial charge in [0.15, 0.2) is 15.8 Å². The number of para-hydroxylation sites is 1. The molecule has 0 saturated carbocycles. The van der Waals surface area contributed by atoms with E-state index >= 15 is 0 Å². The largest absolute Gasteiger partial charge is 0.418 e. The highest BCUT2D eigenvalue weighted by Gasteiger charge is 2.33. The molecule has 0 unspecified atom stereocenters. The van der Waals surface area contributed by atoms with Gasteiger partial charge in [0.1, 0.15) is 11.8 Å². The van der Waals surface area contributed by atoms with E-state index in [4.69, 9.17) is 0 Å². The zero-order valence-electron chi connectivity index (χ0n) is 15.2. The number of nitrogens with zero attached hydrogens (tertiary/aromatic N) is 3. The van der Waals surface area contributed by atoms with Crippen LogP contribution < -0.4 is 10.6 Å². The maximum absolute atomic E-state index is 13.2. The van der Waals surface area contributed by atoms with E-state index in [0.29, 0.717) is 10.5 Å². The van der Waals surface area contributed by atoms with Crippen molar-refractivity contribution < 1.29 is 26.3 Å². The lowest BCUT2D eigenvalue weighted by Crippen LogP contribution is -2.08. The van der Waals surface area contributed by atoms with Gasteiger partial charge in [-0.25, -0.2) is 15.0 Å². The molecule has 2 N–H and O–H groups in total. The number of hydrogen-bond donors (Lipinski definition) is 2. The fourth-order valence-electron chi connectivity index (χ4n) is 2.73. The van der Waals surface area contributed by atoms with Gasteiger partial charge in [0.2, 0.25) is 0 Å². The van der Waals surface area contributed by atoms with E-state index in [9.17, 15) is 26.3 Å². The van der Waals surface area contributed by atoms with Gasteiger partial charge in [-0.3, -0.25) is 0 Å². The lowest BCUT2D eigenvalue weighted by atomic mass is 10.2. The lowest BCUT2D eigenvalue weighted by molar-refractivity contribution is -0.138. The molecule has 4 rings (SSSR count). The predicted octanol–water partition coefficient (Wildman–Crippen LogP) is 6.61. The van der Waals surface area contributed by atoms with Crippen molar-refractivity contribution in [2.24, 2.45) is 0 Å². The van der Waals surface area contributed by atoms with Crippen LogP contribution in [0, 0.1) is 0 Å². The fraction of sp³-hybridized carbons (Fsp3) is 0.105. The molecule has 160 valence electrons. The number of hydrogen-bond acceptors (Lipinski definition) is 6. The Morgan fingerprint density at radius 3 is 2.16 bits per heavy atom. The second-order valence-corrected chi connectivity index (χ2v) is 7.24. The molecule has 4 aromatic rings. The maximum Gasteiger partial charge on any atom is 0.418 e. The Hall–Kier alpha value is -3.41. The predicted molar refractivity (Wildman–Crippen MR) is 105 cm³/mol. The Kier molecular flexibility index (Phi) is 5.17. The van der Waals surface area contributed by atoms with Gasteiger partial charge in [-0.2, -0.15) is 26.3 Å². The number of thiazole rings is 1. The van der Waals surface area contributed by atoms with E-state index in [1.165, 1.54) is 36.7 Å². The van der Waals surface area contributed by atoms with Gasteiger partial charge < -0.3 is 10.6 Å². The third kappa shape index (κ3) is 4.53. The van der Waals surface area contributed by atoms with Crippen LogP contribution in [0.25, 0.3) is 10.3 Å². The SMILES string of the molecule is FC(F)(F)c1ccc(Nc2ncnc3sc(Nc4ccccc4C(F)(F)F)nc23)cc1. The normalized spacial score (nSPS) is 12.2. The number of benzene rings is 2. The summed E-state index contributed by atoms with van der Waals surface area (Å²) in [6.45, 7) is 0. The monoisotopic (exact) mass is 455 g/mol.